The molecule has 0 spiro atoms. The van der Waals surface area contributed by atoms with Crippen LogP contribution in [0.4, 0.5) is 0 Å². The van der Waals surface area contributed by atoms with Gasteiger partial charge in [-0.1, -0.05) is 49.8 Å². The molecule has 0 radical (unpaired) electrons. The van der Waals surface area contributed by atoms with Crippen LogP contribution in [-0.2, 0) is 0 Å². The molecule has 0 bridgehead atoms. The summed E-state index contributed by atoms with van der Waals surface area (Å²) >= 11 is 0. The minimum absolute atomic E-state index is 0.418. The first-order valence-electron chi connectivity index (χ1n) is 9.71. The summed E-state index contributed by atoms with van der Waals surface area (Å²) in [6.07, 6.45) is 9.25. The lowest BCUT2D eigenvalue weighted by Crippen LogP contribution is -2.38. The van der Waals surface area contributed by atoms with Gasteiger partial charge in [0, 0.05) is 30.4 Å². The lowest BCUT2D eigenvalue weighted by molar-refractivity contribution is 0.198. The van der Waals surface area contributed by atoms with Gasteiger partial charge in [-0.05, 0) is 58.6 Å². The number of nitrogens with zero attached hydrogens (tertiary/aromatic N) is 2. The third-order valence-electron chi connectivity index (χ3n) is 5.66. The van der Waals surface area contributed by atoms with Gasteiger partial charge in [0.1, 0.15) is 0 Å². The monoisotopic (exact) mass is 340 g/mol. The Kier molecular flexibility index (Phi) is 6.37. The van der Waals surface area contributed by atoms with Crippen molar-refractivity contribution < 1.29 is 0 Å². The van der Waals surface area contributed by atoms with E-state index in [1.165, 1.54) is 34.4 Å². The van der Waals surface area contributed by atoms with Crippen molar-refractivity contribution >= 4 is 0 Å². The second kappa shape index (κ2) is 8.12. The molecule has 0 saturated carbocycles. The highest BCUT2D eigenvalue weighted by molar-refractivity contribution is 5.34. The molecule has 0 aromatic carbocycles. The predicted molar refractivity (Wildman–Crippen MR) is 110 cm³/mol. The summed E-state index contributed by atoms with van der Waals surface area (Å²) in [6, 6.07) is 0. The molecule has 138 valence electrons. The molecule has 1 heterocycles. The fourth-order valence-corrected chi connectivity index (χ4v) is 4.61. The Bertz CT molecular complexity index is 645. The second-order valence-electron chi connectivity index (χ2n) is 7.76. The van der Waals surface area contributed by atoms with Crippen molar-refractivity contribution in [1.29, 1.82) is 0 Å². The van der Waals surface area contributed by atoms with Gasteiger partial charge < -0.3 is 9.80 Å². The summed E-state index contributed by atoms with van der Waals surface area (Å²) in [5.41, 5.74) is 8.56. The van der Waals surface area contributed by atoms with Crippen molar-refractivity contribution in [3.8, 4) is 0 Å². The smallest absolute Gasteiger partial charge is 0.0983 e. The Morgan fingerprint density at radius 1 is 1.24 bits per heavy atom. The highest BCUT2D eigenvalue weighted by atomic mass is 15.4. The molecule has 2 nitrogen and oxygen atoms in total. The van der Waals surface area contributed by atoms with Gasteiger partial charge in [0.15, 0.2) is 0 Å². The first-order valence-corrected chi connectivity index (χ1v) is 9.71. The van der Waals surface area contributed by atoms with E-state index in [-0.39, 0.29) is 0 Å². The molecular formula is C23H36N2. The average molecular weight is 341 g/mol. The van der Waals surface area contributed by atoms with E-state index >= 15 is 0 Å². The standard InChI is InChI=1S/C23H36N2/c1-9-16(3)13-18(5)22(10-2)24-11-12-25(21(24)8)23-19(6)14-17(4)15-20(23)7/h9,13-14,20-21H,1,10-12,15H2,2-8H3/b16-13-,22-18+. The summed E-state index contributed by atoms with van der Waals surface area (Å²) in [7, 11) is 0. The first kappa shape index (κ1) is 19.6. The Morgan fingerprint density at radius 2 is 1.92 bits per heavy atom. The van der Waals surface area contributed by atoms with Gasteiger partial charge in [-0.2, -0.15) is 0 Å². The van der Waals surface area contributed by atoms with Crippen LogP contribution in [-0.4, -0.2) is 29.1 Å². The lowest BCUT2D eigenvalue weighted by Gasteiger charge is -2.37. The summed E-state index contributed by atoms with van der Waals surface area (Å²) in [5, 5.41) is 0. The minimum atomic E-state index is 0.418. The van der Waals surface area contributed by atoms with Crippen molar-refractivity contribution in [3.63, 3.8) is 0 Å². The molecule has 0 amide bonds. The second-order valence-corrected chi connectivity index (χ2v) is 7.76. The molecule has 1 aliphatic carbocycles. The van der Waals surface area contributed by atoms with Crippen molar-refractivity contribution in [2.24, 2.45) is 5.92 Å². The maximum absolute atomic E-state index is 3.88. The third kappa shape index (κ3) is 4.11. The summed E-state index contributed by atoms with van der Waals surface area (Å²) in [6.45, 7) is 22.0. The van der Waals surface area contributed by atoms with Gasteiger partial charge in [0.2, 0.25) is 0 Å². The van der Waals surface area contributed by atoms with Gasteiger partial charge in [-0.25, -0.2) is 0 Å². The van der Waals surface area contributed by atoms with Crippen molar-refractivity contribution in [3.05, 3.63) is 58.5 Å². The lowest BCUT2D eigenvalue weighted by atomic mass is 9.88. The molecule has 0 aromatic heterocycles. The summed E-state index contributed by atoms with van der Waals surface area (Å²) < 4.78 is 0. The fourth-order valence-electron chi connectivity index (χ4n) is 4.61. The van der Waals surface area contributed by atoms with Crippen LogP contribution in [0.15, 0.2) is 58.5 Å². The zero-order valence-corrected chi connectivity index (χ0v) is 17.3. The van der Waals surface area contributed by atoms with Crippen LogP contribution in [0.1, 0.15) is 61.3 Å². The van der Waals surface area contributed by atoms with Crippen molar-refractivity contribution in [2.75, 3.05) is 13.1 Å². The van der Waals surface area contributed by atoms with Crippen LogP contribution < -0.4 is 0 Å². The summed E-state index contributed by atoms with van der Waals surface area (Å²) in [4.78, 5) is 5.23. The highest BCUT2D eigenvalue weighted by Gasteiger charge is 2.34. The van der Waals surface area contributed by atoms with Crippen LogP contribution in [0.5, 0.6) is 0 Å². The fraction of sp³-hybridized carbons (Fsp3) is 0.565. The predicted octanol–water partition coefficient (Wildman–Crippen LogP) is 6.03. The average Bonchev–Trinajstić information content (AvgIpc) is 2.89. The molecule has 1 aliphatic heterocycles. The van der Waals surface area contributed by atoms with E-state index in [1.807, 2.05) is 6.08 Å². The Morgan fingerprint density at radius 3 is 2.48 bits per heavy atom. The zero-order valence-electron chi connectivity index (χ0n) is 17.3. The molecular weight excluding hydrogens is 304 g/mol. The van der Waals surface area contributed by atoms with Gasteiger partial charge in [0.05, 0.1) is 6.17 Å². The van der Waals surface area contributed by atoms with Crippen molar-refractivity contribution in [2.45, 2.75) is 67.5 Å². The Balaban J connectivity index is 2.32. The van der Waals surface area contributed by atoms with Gasteiger partial charge in [-0.15, -0.1) is 0 Å². The highest BCUT2D eigenvalue weighted by Crippen LogP contribution is 2.36. The molecule has 25 heavy (non-hydrogen) atoms. The van der Waals surface area contributed by atoms with E-state index in [0.717, 1.165) is 19.5 Å². The van der Waals surface area contributed by atoms with E-state index in [4.69, 9.17) is 0 Å². The van der Waals surface area contributed by atoms with E-state index in [9.17, 15) is 0 Å². The Labute approximate surface area is 155 Å². The first-order chi connectivity index (χ1) is 11.8. The number of allylic oxidation sites excluding steroid dienone is 9. The number of hydrogen-bond donors (Lipinski definition) is 0. The zero-order chi connectivity index (χ0) is 18.7. The molecule has 1 saturated heterocycles. The number of hydrogen-bond acceptors (Lipinski definition) is 2. The topological polar surface area (TPSA) is 6.48 Å². The molecule has 2 aliphatic rings. The largest absolute Gasteiger partial charge is 0.353 e. The Hall–Kier alpha value is -1.70. The van der Waals surface area contributed by atoms with Crippen LogP contribution in [0.3, 0.4) is 0 Å². The maximum Gasteiger partial charge on any atom is 0.0983 e. The molecule has 2 unspecified atom stereocenters. The van der Waals surface area contributed by atoms with Crippen LogP contribution in [0.2, 0.25) is 0 Å². The van der Waals surface area contributed by atoms with Crippen LogP contribution in [0.25, 0.3) is 0 Å². The third-order valence-corrected chi connectivity index (χ3v) is 5.66. The van der Waals surface area contributed by atoms with Crippen LogP contribution >= 0.6 is 0 Å². The molecule has 0 N–H and O–H groups in total. The normalized spacial score (nSPS) is 26.0. The number of rotatable bonds is 5. The van der Waals surface area contributed by atoms with Crippen LogP contribution in [0, 0.1) is 5.92 Å². The van der Waals surface area contributed by atoms with E-state index < -0.39 is 0 Å². The maximum atomic E-state index is 3.88. The summed E-state index contributed by atoms with van der Waals surface area (Å²) in [5.74, 6) is 0.616. The van der Waals surface area contributed by atoms with E-state index in [1.54, 1.807) is 5.70 Å². The quantitative estimate of drug-likeness (QED) is 0.564. The molecule has 2 heteroatoms. The molecule has 2 rings (SSSR count). The minimum Gasteiger partial charge on any atom is -0.353 e. The van der Waals surface area contributed by atoms with Gasteiger partial charge in [-0.3, -0.25) is 0 Å². The molecule has 2 atom stereocenters. The van der Waals surface area contributed by atoms with Gasteiger partial charge >= 0.3 is 0 Å². The molecule has 1 fully saturated rings. The van der Waals surface area contributed by atoms with Crippen molar-refractivity contribution in [1.82, 2.24) is 9.80 Å². The van der Waals surface area contributed by atoms with E-state index in [2.05, 4.69) is 77.0 Å². The van der Waals surface area contributed by atoms with Gasteiger partial charge in [0.25, 0.3) is 0 Å². The molecule has 0 aromatic rings. The van der Waals surface area contributed by atoms with E-state index in [0.29, 0.717) is 12.1 Å². The SMILES string of the molecule is C=C/C(C)=C\C(C)=C(/CC)N1CCN(C2=C(C)C=C(C)CC2C)C1C.